The largest absolute Gasteiger partial charge is 0.368 e. The van der Waals surface area contributed by atoms with Crippen LogP contribution in [0.5, 0.6) is 0 Å². The molecule has 21 heavy (non-hydrogen) atoms. The van der Waals surface area contributed by atoms with E-state index in [1.807, 2.05) is 12.1 Å². The zero-order chi connectivity index (χ0) is 14.8. The molecule has 1 saturated carbocycles. The van der Waals surface area contributed by atoms with E-state index >= 15 is 0 Å². The molecule has 0 aromatic carbocycles. The first kappa shape index (κ1) is 14.3. The molecular weight excluding hydrogens is 332 g/mol. The SMILES string of the molecule is NC(=O)CN(c1ccnc2cc(Br)cnc12)C1CCCC1. The number of hydrogen-bond donors (Lipinski definition) is 1. The number of primary amides is 1. The molecule has 1 amide bonds. The van der Waals surface area contributed by atoms with Crippen LogP contribution in [0.1, 0.15) is 25.7 Å². The fraction of sp³-hybridized carbons (Fsp3) is 0.400. The van der Waals surface area contributed by atoms with Gasteiger partial charge in [-0.25, -0.2) is 0 Å². The molecule has 2 aromatic rings. The fourth-order valence-electron chi connectivity index (χ4n) is 3.02. The average Bonchev–Trinajstić information content (AvgIpc) is 2.97. The van der Waals surface area contributed by atoms with Crippen molar-refractivity contribution >= 4 is 38.6 Å². The van der Waals surface area contributed by atoms with Crippen molar-refractivity contribution in [3.8, 4) is 0 Å². The van der Waals surface area contributed by atoms with Gasteiger partial charge in [-0.05, 0) is 40.9 Å². The smallest absolute Gasteiger partial charge is 0.236 e. The van der Waals surface area contributed by atoms with Crippen molar-refractivity contribution in [1.82, 2.24) is 9.97 Å². The second-order valence-electron chi connectivity index (χ2n) is 5.38. The molecule has 1 aliphatic carbocycles. The third kappa shape index (κ3) is 3.00. The number of aromatic nitrogens is 2. The van der Waals surface area contributed by atoms with E-state index in [4.69, 9.17) is 5.73 Å². The van der Waals surface area contributed by atoms with Crippen LogP contribution in [0.25, 0.3) is 11.0 Å². The maximum absolute atomic E-state index is 11.5. The van der Waals surface area contributed by atoms with Crippen molar-refractivity contribution in [1.29, 1.82) is 0 Å². The number of rotatable bonds is 4. The molecule has 0 unspecified atom stereocenters. The van der Waals surface area contributed by atoms with Gasteiger partial charge in [0, 0.05) is 22.9 Å². The van der Waals surface area contributed by atoms with Crippen molar-refractivity contribution in [3.05, 3.63) is 29.0 Å². The van der Waals surface area contributed by atoms with E-state index in [0.29, 0.717) is 6.04 Å². The highest BCUT2D eigenvalue weighted by Gasteiger charge is 2.25. The zero-order valence-corrected chi connectivity index (χ0v) is 13.2. The Hall–Kier alpha value is -1.69. The summed E-state index contributed by atoms with van der Waals surface area (Å²) in [5, 5.41) is 0. The van der Waals surface area contributed by atoms with E-state index in [2.05, 4.69) is 30.8 Å². The minimum absolute atomic E-state index is 0.224. The van der Waals surface area contributed by atoms with E-state index in [1.54, 1.807) is 12.4 Å². The van der Waals surface area contributed by atoms with E-state index in [9.17, 15) is 4.79 Å². The zero-order valence-electron chi connectivity index (χ0n) is 11.6. The second kappa shape index (κ2) is 5.97. The first-order chi connectivity index (χ1) is 10.1. The van der Waals surface area contributed by atoms with Crippen LogP contribution in [0.4, 0.5) is 5.69 Å². The molecule has 110 valence electrons. The molecule has 1 aliphatic rings. The Morgan fingerprint density at radius 2 is 2.14 bits per heavy atom. The number of anilines is 1. The van der Waals surface area contributed by atoms with Crippen LogP contribution >= 0.6 is 15.9 Å². The molecule has 0 bridgehead atoms. The van der Waals surface area contributed by atoms with Gasteiger partial charge in [0.2, 0.25) is 5.91 Å². The van der Waals surface area contributed by atoms with Crippen LogP contribution < -0.4 is 10.6 Å². The molecule has 6 heteroatoms. The number of carbonyl (C=O) groups excluding carboxylic acids is 1. The minimum Gasteiger partial charge on any atom is -0.368 e. The quantitative estimate of drug-likeness (QED) is 0.921. The van der Waals surface area contributed by atoms with Gasteiger partial charge in [0.25, 0.3) is 0 Å². The lowest BCUT2D eigenvalue weighted by Gasteiger charge is -2.30. The number of pyridine rings is 2. The Morgan fingerprint density at radius 3 is 2.86 bits per heavy atom. The second-order valence-corrected chi connectivity index (χ2v) is 6.30. The lowest BCUT2D eigenvalue weighted by molar-refractivity contribution is -0.116. The van der Waals surface area contributed by atoms with Crippen LogP contribution in [0.15, 0.2) is 29.0 Å². The first-order valence-corrected chi connectivity index (χ1v) is 7.89. The average molecular weight is 349 g/mol. The van der Waals surface area contributed by atoms with E-state index in [-0.39, 0.29) is 12.5 Å². The third-order valence-corrected chi connectivity index (χ3v) is 4.36. The van der Waals surface area contributed by atoms with Crippen molar-refractivity contribution in [2.75, 3.05) is 11.4 Å². The number of fused-ring (bicyclic) bond motifs is 1. The third-order valence-electron chi connectivity index (χ3n) is 3.92. The number of halogens is 1. The van der Waals surface area contributed by atoms with E-state index in [0.717, 1.165) is 34.0 Å². The molecule has 2 heterocycles. The molecule has 2 aromatic heterocycles. The summed E-state index contributed by atoms with van der Waals surface area (Å²) in [4.78, 5) is 22.4. The number of amides is 1. The standard InChI is InChI=1S/C15H17BrN4O/c16-10-7-12-15(19-8-10)13(5-6-18-12)20(9-14(17)21)11-3-1-2-4-11/h5-8,11H,1-4,9H2,(H2,17,21). The highest BCUT2D eigenvalue weighted by molar-refractivity contribution is 9.10. The summed E-state index contributed by atoms with van der Waals surface area (Å²) in [6, 6.07) is 4.21. The first-order valence-electron chi connectivity index (χ1n) is 7.10. The highest BCUT2D eigenvalue weighted by atomic mass is 79.9. The maximum atomic E-state index is 11.5. The molecule has 3 rings (SSSR count). The van der Waals surface area contributed by atoms with E-state index < -0.39 is 0 Å². The summed E-state index contributed by atoms with van der Waals surface area (Å²) in [5.41, 5.74) is 8.01. The van der Waals surface area contributed by atoms with Crippen LogP contribution in [-0.4, -0.2) is 28.5 Å². The van der Waals surface area contributed by atoms with Crippen molar-refractivity contribution in [2.45, 2.75) is 31.7 Å². The molecule has 1 fully saturated rings. The van der Waals surface area contributed by atoms with Crippen molar-refractivity contribution in [3.63, 3.8) is 0 Å². The Bertz CT molecular complexity index is 670. The van der Waals surface area contributed by atoms with Crippen LogP contribution in [0, 0.1) is 0 Å². The molecule has 0 saturated heterocycles. The molecule has 5 nitrogen and oxygen atoms in total. The van der Waals surface area contributed by atoms with Crippen LogP contribution in [0.3, 0.4) is 0 Å². The van der Waals surface area contributed by atoms with Gasteiger partial charge in [-0.3, -0.25) is 14.8 Å². The van der Waals surface area contributed by atoms with Gasteiger partial charge in [0.05, 0.1) is 17.7 Å². The molecule has 0 radical (unpaired) electrons. The summed E-state index contributed by atoms with van der Waals surface area (Å²) >= 11 is 3.41. The number of nitrogens with zero attached hydrogens (tertiary/aromatic N) is 3. The minimum atomic E-state index is -0.316. The fourth-order valence-corrected chi connectivity index (χ4v) is 3.34. The Kier molecular flexibility index (Phi) is 4.05. The van der Waals surface area contributed by atoms with Crippen molar-refractivity contribution in [2.24, 2.45) is 5.73 Å². The van der Waals surface area contributed by atoms with Crippen LogP contribution in [-0.2, 0) is 4.79 Å². The molecule has 2 N–H and O–H groups in total. The summed E-state index contributed by atoms with van der Waals surface area (Å²) in [6.45, 7) is 0.224. The lowest BCUT2D eigenvalue weighted by Crippen LogP contribution is -2.40. The summed E-state index contributed by atoms with van der Waals surface area (Å²) in [7, 11) is 0. The van der Waals surface area contributed by atoms with Gasteiger partial charge >= 0.3 is 0 Å². The topological polar surface area (TPSA) is 72.1 Å². The monoisotopic (exact) mass is 348 g/mol. The highest BCUT2D eigenvalue weighted by Crippen LogP contribution is 2.32. The number of carbonyl (C=O) groups is 1. The summed E-state index contributed by atoms with van der Waals surface area (Å²) < 4.78 is 0.891. The summed E-state index contributed by atoms with van der Waals surface area (Å²) in [5.74, 6) is -0.316. The predicted octanol–water partition coefficient (Wildman–Crippen LogP) is 2.63. The van der Waals surface area contributed by atoms with Gasteiger partial charge in [0.15, 0.2) is 0 Å². The molecule has 0 aliphatic heterocycles. The lowest BCUT2D eigenvalue weighted by atomic mass is 10.1. The molecule has 0 spiro atoms. The predicted molar refractivity (Wildman–Crippen MR) is 86.0 cm³/mol. The normalized spacial score (nSPS) is 15.5. The summed E-state index contributed by atoms with van der Waals surface area (Å²) in [6.07, 6.45) is 8.09. The molecular formula is C15H17BrN4O. The van der Waals surface area contributed by atoms with Gasteiger partial charge in [0.1, 0.15) is 5.52 Å². The van der Waals surface area contributed by atoms with Gasteiger partial charge in [-0.1, -0.05) is 12.8 Å². The van der Waals surface area contributed by atoms with Crippen LogP contribution in [0.2, 0.25) is 0 Å². The van der Waals surface area contributed by atoms with Gasteiger partial charge in [-0.2, -0.15) is 0 Å². The van der Waals surface area contributed by atoms with Gasteiger partial charge < -0.3 is 10.6 Å². The Morgan fingerprint density at radius 1 is 1.38 bits per heavy atom. The maximum Gasteiger partial charge on any atom is 0.236 e. The molecule has 0 atom stereocenters. The number of nitrogens with two attached hydrogens (primary N) is 1. The van der Waals surface area contributed by atoms with Gasteiger partial charge in [-0.15, -0.1) is 0 Å². The Labute approximate surface area is 131 Å². The Balaban J connectivity index is 2.07. The van der Waals surface area contributed by atoms with Crippen molar-refractivity contribution < 1.29 is 4.79 Å². The number of hydrogen-bond acceptors (Lipinski definition) is 4. The van der Waals surface area contributed by atoms with E-state index in [1.165, 1.54) is 12.8 Å².